The quantitative estimate of drug-likeness (QED) is 0.805. The molecule has 1 aromatic rings. The summed E-state index contributed by atoms with van der Waals surface area (Å²) in [7, 11) is 4.05. The molecule has 0 heterocycles. The number of hydrogen-bond acceptors (Lipinski definition) is 3. The predicted molar refractivity (Wildman–Crippen MR) is 75.8 cm³/mol. The fraction of sp³-hybridized carbons (Fsp3) is 0.467. The minimum Gasteiger partial charge on any atom is -0.492 e. The summed E-state index contributed by atoms with van der Waals surface area (Å²) in [4.78, 5) is 2.09. The van der Waals surface area contributed by atoms with Crippen LogP contribution in [0, 0.1) is 0 Å². The molecule has 0 bridgehead atoms. The molecule has 0 atom stereocenters. The van der Waals surface area contributed by atoms with Crippen LogP contribution in [-0.2, 0) is 0 Å². The highest BCUT2D eigenvalue weighted by Gasteiger charge is 1.97. The zero-order chi connectivity index (χ0) is 13.4. The largest absolute Gasteiger partial charge is 0.492 e. The van der Waals surface area contributed by atoms with Gasteiger partial charge in [-0.05, 0) is 43.8 Å². The molecule has 3 nitrogen and oxygen atoms in total. The van der Waals surface area contributed by atoms with Gasteiger partial charge in [0.15, 0.2) is 0 Å². The lowest BCUT2D eigenvalue weighted by atomic mass is 10.1. The number of ether oxygens (including phenoxy) is 1. The van der Waals surface area contributed by atoms with Gasteiger partial charge in [0.25, 0.3) is 0 Å². The van der Waals surface area contributed by atoms with Crippen LogP contribution in [0.5, 0.6) is 5.75 Å². The van der Waals surface area contributed by atoms with E-state index in [4.69, 9.17) is 9.84 Å². The van der Waals surface area contributed by atoms with Crippen LogP contribution in [0.25, 0.3) is 6.08 Å². The fourth-order valence-electron chi connectivity index (χ4n) is 1.50. The van der Waals surface area contributed by atoms with Gasteiger partial charge in [0.05, 0.1) is 6.61 Å². The summed E-state index contributed by atoms with van der Waals surface area (Å²) < 4.78 is 5.62. The Bertz CT molecular complexity index is 363. The van der Waals surface area contributed by atoms with Crippen molar-refractivity contribution in [1.82, 2.24) is 4.90 Å². The van der Waals surface area contributed by atoms with E-state index in [-0.39, 0.29) is 6.61 Å². The van der Waals surface area contributed by atoms with Crippen molar-refractivity contribution in [2.24, 2.45) is 0 Å². The first-order valence-corrected chi connectivity index (χ1v) is 6.33. The van der Waals surface area contributed by atoms with Crippen molar-refractivity contribution >= 4 is 6.08 Å². The fourth-order valence-corrected chi connectivity index (χ4v) is 1.50. The normalized spacial score (nSPS) is 11.9. The Morgan fingerprint density at radius 1 is 1.28 bits per heavy atom. The lowest BCUT2D eigenvalue weighted by molar-refractivity contribution is 0.261. The first-order valence-electron chi connectivity index (χ1n) is 6.33. The molecule has 0 unspecified atom stereocenters. The maximum absolute atomic E-state index is 9.11. The van der Waals surface area contributed by atoms with Gasteiger partial charge in [-0.25, -0.2) is 0 Å². The van der Waals surface area contributed by atoms with E-state index >= 15 is 0 Å². The van der Waals surface area contributed by atoms with Gasteiger partial charge in [-0.2, -0.15) is 0 Å². The second-order valence-corrected chi connectivity index (χ2v) is 4.54. The van der Waals surface area contributed by atoms with Crippen molar-refractivity contribution in [2.75, 3.05) is 33.9 Å². The average molecular weight is 249 g/mol. The molecule has 0 aliphatic heterocycles. The average Bonchev–Trinajstić information content (AvgIpc) is 2.37. The van der Waals surface area contributed by atoms with Gasteiger partial charge in [0.1, 0.15) is 12.4 Å². The van der Waals surface area contributed by atoms with Gasteiger partial charge >= 0.3 is 0 Å². The monoisotopic (exact) mass is 249 g/mol. The number of hydrogen-bond donors (Lipinski definition) is 1. The highest BCUT2D eigenvalue weighted by molar-refractivity contribution is 5.54. The second kappa shape index (κ2) is 7.90. The van der Waals surface area contributed by atoms with Crippen LogP contribution in [-0.4, -0.2) is 43.9 Å². The lowest BCUT2D eigenvalue weighted by Crippen LogP contribution is -2.19. The number of aliphatic hydroxyl groups is 1. The minimum atomic E-state index is 0.123. The first kappa shape index (κ1) is 14.7. The highest BCUT2D eigenvalue weighted by Crippen LogP contribution is 2.15. The van der Waals surface area contributed by atoms with Crippen LogP contribution < -0.4 is 4.74 Å². The minimum absolute atomic E-state index is 0.123. The molecule has 0 aliphatic carbocycles. The third-order valence-electron chi connectivity index (χ3n) is 2.72. The summed E-state index contributed by atoms with van der Waals surface area (Å²) in [6.45, 7) is 3.77. The van der Waals surface area contributed by atoms with Crippen LogP contribution in [0.3, 0.4) is 0 Å². The molecular formula is C15H23NO2. The van der Waals surface area contributed by atoms with Gasteiger partial charge in [0, 0.05) is 6.54 Å². The van der Waals surface area contributed by atoms with Gasteiger partial charge < -0.3 is 14.7 Å². The second-order valence-electron chi connectivity index (χ2n) is 4.54. The molecule has 0 amide bonds. The summed E-state index contributed by atoms with van der Waals surface area (Å²) in [5.41, 5.74) is 2.14. The molecule has 0 aromatic heterocycles. The Labute approximate surface area is 110 Å². The number of aliphatic hydroxyl groups excluding tert-OH is 1. The molecule has 1 aromatic carbocycles. The van der Waals surface area contributed by atoms with Crippen molar-refractivity contribution in [2.45, 2.75) is 13.3 Å². The summed E-state index contributed by atoms with van der Waals surface area (Å²) in [5.74, 6) is 0.885. The van der Waals surface area contributed by atoms with Crippen LogP contribution in [0.2, 0.25) is 0 Å². The third kappa shape index (κ3) is 5.34. The Hall–Kier alpha value is -1.32. The molecule has 0 aliphatic rings. The molecule has 0 spiro atoms. The summed E-state index contributed by atoms with van der Waals surface area (Å²) in [6, 6.07) is 7.95. The van der Waals surface area contributed by atoms with Crippen molar-refractivity contribution in [3.8, 4) is 5.75 Å². The molecule has 0 saturated heterocycles. The lowest BCUT2D eigenvalue weighted by Gasteiger charge is -2.11. The Balaban J connectivity index is 2.54. The smallest absolute Gasteiger partial charge is 0.119 e. The summed E-state index contributed by atoms with van der Waals surface area (Å²) in [5, 5.41) is 9.11. The van der Waals surface area contributed by atoms with Gasteiger partial charge in [-0.1, -0.05) is 25.1 Å². The highest BCUT2D eigenvalue weighted by atomic mass is 16.5. The topological polar surface area (TPSA) is 32.7 Å². The van der Waals surface area contributed by atoms with E-state index in [1.807, 2.05) is 51.4 Å². The van der Waals surface area contributed by atoms with Crippen LogP contribution in [0.15, 0.2) is 29.8 Å². The maximum atomic E-state index is 9.11. The van der Waals surface area contributed by atoms with Gasteiger partial charge in [0.2, 0.25) is 0 Å². The van der Waals surface area contributed by atoms with Gasteiger partial charge in [-0.15, -0.1) is 0 Å². The third-order valence-corrected chi connectivity index (χ3v) is 2.72. The molecule has 100 valence electrons. The van der Waals surface area contributed by atoms with E-state index in [1.54, 1.807) is 0 Å². The van der Waals surface area contributed by atoms with E-state index in [2.05, 4.69) is 4.90 Å². The van der Waals surface area contributed by atoms with Crippen LogP contribution in [0.4, 0.5) is 0 Å². The van der Waals surface area contributed by atoms with Crippen LogP contribution >= 0.6 is 0 Å². The van der Waals surface area contributed by atoms with Crippen molar-refractivity contribution in [3.63, 3.8) is 0 Å². The van der Waals surface area contributed by atoms with Crippen molar-refractivity contribution < 1.29 is 9.84 Å². The Kier molecular flexibility index (Phi) is 6.47. The predicted octanol–water partition coefficient (Wildman–Crippen LogP) is 2.41. The molecule has 0 saturated carbocycles. The van der Waals surface area contributed by atoms with Crippen molar-refractivity contribution in [1.29, 1.82) is 0 Å². The molecule has 1 N–H and O–H groups in total. The molecule has 1 rings (SSSR count). The Morgan fingerprint density at radius 2 is 1.94 bits per heavy atom. The maximum Gasteiger partial charge on any atom is 0.119 e. The molecule has 0 radical (unpaired) electrons. The SMILES string of the molecule is CCC(=Cc1ccc(OCCN(C)C)cc1)CO. The number of likely N-dealkylation sites (N-methyl/N-ethyl adjacent to an activating group) is 1. The van der Waals surface area contributed by atoms with E-state index < -0.39 is 0 Å². The zero-order valence-electron chi connectivity index (χ0n) is 11.5. The van der Waals surface area contributed by atoms with Crippen molar-refractivity contribution in [3.05, 3.63) is 35.4 Å². The Morgan fingerprint density at radius 3 is 2.44 bits per heavy atom. The molecule has 0 fully saturated rings. The number of rotatable bonds is 7. The standard InChI is InChI=1S/C15H23NO2/c1-4-13(12-17)11-14-5-7-15(8-6-14)18-10-9-16(2)3/h5-8,11,17H,4,9-10,12H2,1-3H3. The number of nitrogens with zero attached hydrogens (tertiary/aromatic N) is 1. The van der Waals surface area contributed by atoms with E-state index in [9.17, 15) is 0 Å². The van der Waals surface area contributed by atoms with Gasteiger partial charge in [-0.3, -0.25) is 0 Å². The van der Waals surface area contributed by atoms with E-state index in [0.717, 1.165) is 29.9 Å². The molecule has 18 heavy (non-hydrogen) atoms. The first-order chi connectivity index (χ1) is 8.65. The summed E-state index contributed by atoms with van der Waals surface area (Å²) in [6.07, 6.45) is 2.89. The number of benzene rings is 1. The van der Waals surface area contributed by atoms with E-state index in [0.29, 0.717) is 6.61 Å². The summed E-state index contributed by atoms with van der Waals surface area (Å²) >= 11 is 0. The van der Waals surface area contributed by atoms with Crippen LogP contribution in [0.1, 0.15) is 18.9 Å². The molecule has 3 heteroatoms. The van der Waals surface area contributed by atoms with E-state index in [1.165, 1.54) is 0 Å². The zero-order valence-corrected chi connectivity index (χ0v) is 11.5. The molecular weight excluding hydrogens is 226 g/mol.